The van der Waals surface area contributed by atoms with E-state index in [-0.39, 0.29) is 22.3 Å². The van der Waals surface area contributed by atoms with Gasteiger partial charge in [-0.25, -0.2) is 8.42 Å². The van der Waals surface area contributed by atoms with Crippen LogP contribution in [-0.2, 0) is 14.8 Å². The zero-order chi connectivity index (χ0) is 22.1. The van der Waals surface area contributed by atoms with Gasteiger partial charge in [-0.05, 0) is 42.3 Å². The number of halogens is 3. The molecule has 3 rings (SSSR count). The van der Waals surface area contributed by atoms with Crippen molar-refractivity contribution in [1.29, 1.82) is 0 Å². The van der Waals surface area contributed by atoms with E-state index in [4.69, 9.17) is 0 Å². The monoisotopic (exact) mass is 441 g/mol. The maximum absolute atomic E-state index is 12.7. The maximum atomic E-state index is 12.7. The molecule has 0 aliphatic carbocycles. The molecule has 0 saturated carbocycles. The number of alkyl halides is 3. The fourth-order valence-corrected chi connectivity index (χ4v) is 4.07. The number of hydrogen-bond donors (Lipinski definition) is 2. The quantitative estimate of drug-likeness (QED) is 0.744. The number of hydrogen-bond acceptors (Lipinski definition) is 5. The molecular formula is C19H18F3N3O4S. The molecule has 2 N–H and O–H groups in total. The van der Waals surface area contributed by atoms with Crippen molar-refractivity contribution >= 4 is 27.5 Å². The summed E-state index contributed by atoms with van der Waals surface area (Å²) in [5.41, 5.74) is 0.609. The van der Waals surface area contributed by atoms with Crippen molar-refractivity contribution in [1.82, 2.24) is 4.72 Å². The van der Waals surface area contributed by atoms with Crippen LogP contribution in [0.15, 0.2) is 58.4 Å². The zero-order valence-electron chi connectivity index (χ0n) is 15.9. The van der Waals surface area contributed by atoms with Gasteiger partial charge in [0, 0.05) is 11.3 Å². The zero-order valence-corrected chi connectivity index (χ0v) is 16.7. The van der Waals surface area contributed by atoms with Gasteiger partial charge in [0.15, 0.2) is 0 Å². The average molecular weight is 441 g/mol. The SMILES string of the molecule is CC(C)[C@@H](N=C1NS(=O)(=O)c2ccccc21)C(=O)Nc1ccc(OC(F)(F)F)cc1. The first kappa shape index (κ1) is 21.6. The van der Waals surface area contributed by atoms with Crippen LogP contribution in [0.5, 0.6) is 5.75 Å². The Morgan fingerprint density at radius 2 is 1.73 bits per heavy atom. The molecule has 1 atom stereocenters. The average Bonchev–Trinajstić information content (AvgIpc) is 2.90. The molecule has 7 nitrogen and oxygen atoms in total. The Hall–Kier alpha value is -3.08. The number of carbonyl (C=O) groups is 1. The molecule has 30 heavy (non-hydrogen) atoms. The summed E-state index contributed by atoms with van der Waals surface area (Å²) in [7, 11) is -3.75. The van der Waals surface area contributed by atoms with Crippen LogP contribution in [0.2, 0.25) is 0 Å². The standard InChI is InChI=1S/C19H18F3N3O4S/c1-11(2)16(24-17-14-5-3-4-6-15(14)30(27,28)25-17)18(26)23-12-7-9-13(10-8-12)29-19(20,21)22/h3-11,16H,1-2H3,(H,23,26)(H,24,25)/t16-/m1/s1. The Morgan fingerprint density at radius 1 is 1.10 bits per heavy atom. The Kier molecular flexibility index (Phi) is 5.75. The molecule has 0 bridgehead atoms. The fraction of sp³-hybridized carbons (Fsp3) is 0.263. The number of nitrogens with zero attached hydrogens (tertiary/aromatic N) is 1. The van der Waals surface area contributed by atoms with Crippen molar-refractivity contribution in [3.63, 3.8) is 0 Å². The largest absolute Gasteiger partial charge is 0.573 e. The fourth-order valence-electron chi connectivity index (χ4n) is 2.84. The summed E-state index contributed by atoms with van der Waals surface area (Å²) >= 11 is 0. The Morgan fingerprint density at radius 3 is 2.33 bits per heavy atom. The molecule has 1 heterocycles. The van der Waals surface area contributed by atoms with Crippen LogP contribution in [0.4, 0.5) is 18.9 Å². The predicted octanol–water partition coefficient (Wildman–Crippen LogP) is 3.29. The number of rotatable bonds is 5. The van der Waals surface area contributed by atoms with Crippen LogP contribution in [0.1, 0.15) is 19.4 Å². The third-order valence-corrected chi connectivity index (χ3v) is 5.58. The molecule has 0 aromatic heterocycles. The summed E-state index contributed by atoms with van der Waals surface area (Å²) in [4.78, 5) is 17.1. The van der Waals surface area contributed by atoms with Crippen LogP contribution in [0.25, 0.3) is 0 Å². The van der Waals surface area contributed by atoms with Crippen molar-refractivity contribution in [3.8, 4) is 5.75 Å². The lowest BCUT2D eigenvalue weighted by atomic mass is 10.0. The minimum Gasteiger partial charge on any atom is -0.406 e. The minimum absolute atomic E-state index is 0.0633. The second-order valence-corrected chi connectivity index (χ2v) is 8.48. The van der Waals surface area contributed by atoms with Gasteiger partial charge >= 0.3 is 6.36 Å². The number of fused-ring (bicyclic) bond motifs is 1. The van der Waals surface area contributed by atoms with E-state index < -0.39 is 34.1 Å². The van der Waals surface area contributed by atoms with Crippen molar-refractivity contribution in [2.24, 2.45) is 10.9 Å². The molecule has 0 fully saturated rings. The normalized spacial score (nSPS) is 17.3. The molecule has 2 aromatic rings. The third kappa shape index (κ3) is 4.90. The first-order valence-electron chi connectivity index (χ1n) is 8.83. The van der Waals surface area contributed by atoms with Crippen LogP contribution >= 0.6 is 0 Å². The van der Waals surface area contributed by atoms with Crippen LogP contribution in [0, 0.1) is 5.92 Å². The molecule has 0 spiro atoms. The highest BCUT2D eigenvalue weighted by atomic mass is 32.2. The third-order valence-electron chi connectivity index (χ3n) is 4.19. The van der Waals surface area contributed by atoms with Gasteiger partial charge in [0.2, 0.25) is 5.91 Å². The van der Waals surface area contributed by atoms with Gasteiger partial charge < -0.3 is 10.1 Å². The van der Waals surface area contributed by atoms with Gasteiger partial charge in [0.1, 0.15) is 17.6 Å². The molecule has 0 unspecified atom stereocenters. The van der Waals surface area contributed by atoms with Crippen molar-refractivity contribution in [2.75, 3.05) is 5.32 Å². The van der Waals surface area contributed by atoms with Crippen LogP contribution in [-0.4, -0.2) is 32.6 Å². The van der Waals surface area contributed by atoms with Gasteiger partial charge in [-0.3, -0.25) is 14.5 Å². The number of nitrogens with one attached hydrogen (secondary N) is 2. The van der Waals surface area contributed by atoms with E-state index in [1.165, 1.54) is 18.2 Å². The minimum atomic E-state index is -4.81. The summed E-state index contributed by atoms with van der Waals surface area (Å²) in [5.74, 6) is -1.18. The highest BCUT2D eigenvalue weighted by Crippen LogP contribution is 2.25. The van der Waals surface area contributed by atoms with E-state index in [9.17, 15) is 26.4 Å². The van der Waals surface area contributed by atoms with E-state index in [1.54, 1.807) is 32.0 Å². The van der Waals surface area contributed by atoms with Gasteiger partial charge in [-0.1, -0.05) is 26.0 Å². The van der Waals surface area contributed by atoms with E-state index in [0.717, 1.165) is 12.1 Å². The molecule has 1 aliphatic heterocycles. The number of ether oxygens (including phenoxy) is 1. The van der Waals surface area contributed by atoms with Crippen molar-refractivity contribution < 1.29 is 31.1 Å². The lowest BCUT2D eigenvalue weighted by Crippen LogP contribution is -2.34. The number of benzene rings is 2. The highest BCUT2D eigenvalue weighted by molar-refractivity contribution is 7.90. The van der Waals surface area contributed by atoms with Gasteiger partial charge in [0.25, 0.3) is 10.0 Å². The first-order valence-corrected chi connectivity index (χ1v) is 10.3. The molecule has 11 heteroatoms. The van der Waals surface area contributed by atoms with Crippen LogP contribution < -0.4 is 14.8 Å². The number of aliphatic imine (C=N–C) groups is 1. The lowest BCUT2D eigenvalue weighted by Gasteiger charge is -2.17. The molecule has 0 radical (unpaired) electrons. The summed E-state index contributed by atoms with van der Waals surface area (Å²) in [5, 5.41) is 2.57. The van der Waals surface area contributed by atoms with Gasteiger partial charge in [-0.15, -0.1) is 13.2 Å². The second kappa shape index (κ2) is 7.98. The number of anilines is 1. The van der Waals surface area contributed by atoms with E-state index in [1.807, 2.05) is 0 Å². The smallest absolute Gasteiger partial charge is 0.406 e. The van der Waals surface area contributed by atoms with Gasteiger partial charge in [-0.2, -0.15) is 0 Å². The summed E-state index contributed by atoms with van der Waals surface area (Å²) in [6, 6.07) is 9.98. The maximum Gasteiger partial charge on any atom is 0.573 e. The molecule has 160 valence electrons. The number of sulfonamides is 1. The Bertz CT molecular complexity index is 1080. The predicted molar refractivity (Wildman–Crippen MR) is 104 cm³/mol. The Labute approximate surface area is 171 Å². The molecule has 1 amide bonds. The van der Waals surface area contributed by atoms with Crippen molar-refractivity contribution in [2.45, 2.75) is 31.1 Å². The first-order chi connectivity index (χ1) is 14.0. The molecule has 1 aliphatic rings. The Balaban J connectivity index is 1.81. The highest BCUT2D eigenvalue weighted by Gasteiger charge is 2.33. The van der Waals surface area contributed by atoms with E-state index >= 15 is 0 Å². The topological polar surface area (TPSA) is 96.9 Å². The summed E-state index contributed by atoms with van der Waals surface area (Å²) < 4.78 is 67.3. The second-order valence-electron chi connectivity index (χ2n) is 6.83. The van der Waals surface area contributed by atoms with E-state index in [0.29, 0.717) is 5.56 Å². The van der Waals surface area contributed by atoms with Crippen molar-refractivity contribution in [3.05, 3.63) is 54.1 Å². The number of carbonyl (C=O) groups excluding carboxylic acids is 1. The number of amidine groups is 1. The molecule has 0 saturated heterocycles. The summed E-state index contributed by atoms with van der Waals surface area (Å²) in [6.07, 6.45) is -4.81. The van der Waals surface area contributed by atoms with Gasteiger partial charge in [0.05, 0.1) is 4.90 Å². The summed E-state index contributed by atoms with van der Waals surface area (Å²) in [6.45, 7) is 3.48. The van der Waals surface area contributed by atoms with E-state index in [2.05, 4.69) is 19.8 Å². The lowest BCUT2D eigenvalue weighted by molar-refractivity contribution is -0.274. The van der Waals surface area contributed by atoms with Crippen LogP contribution in [0.3, 0.4) is 0 Å². The molecular weight excluding hydrogens is 423 g/mol. The molecule has 2 aromatic carbocycles. The number of amides is 1.